The molecule has 2 nitrogen and oxygen atoms in total. The number of benzene rings is 1. The molecule has 1 aliphatic rings. The Balaban J connectivity index is 2.04. The molecular formula is C16H25BrN2. The van der Waals surface area contributed by atoms with Gasteiger partial charge in [-0.2, -0.15) is 0 Å². The molecule has 1 aromatic carbocycles. The molecule has 1 heterocycles. The number of anilines is 1. The van der Waals surface area contributed by atoms with Gasteiger partial charge in [-0.25, -0.2) is 0 Å². The molecule has 0 amide bonds. The van der Waals surface area contributed by atoms with Crippen LogP contribution in [0.5, 0.6) is 0 Å². The van der Waals surface area contributed by atoms with Gasteiger partial charge < -0.3 is 10.6 Å². The first kappa shape index (κ1) is 14.9. The highest BCUT2D eigenvalue weighted by Crippen LogP contribution is 2.36. The second-order valence-corrected chi connectivity index (χ2v) is 7.46. The van der Waals surface area contributed by atoms with Crippen LogP contribution in [-0.2, 0) is 6.54 Å². The lowest BCUT2D eigenvalue weighted by molar-refractivity contribution is 0.199. The minimum absolute atomic E-state index is 0.441. The minimum Gasteiger partial charge on any atom is -0.371 e. The molecule has 0 radical (unpaired) electrons. The fourth-order valence-corrected chi connectivity index (χ4v) is 3.43. The maximum atomic E-state index is 5.70. The van der Waals surface area contributed by atoms with Gasteiger partial charge in [-0.3, -0.25) is 0 Å². The van der Waals surface area contributed by atoms with Gasteiger partial charge in [0, 0.05) is 29.8 Å². The summed E-state index contributed by atoms with van der Waals surface area (Å²) in [5.74, 6) is 0.843. The summed E-state index contributed by atoms with van der Waals surface area (Å²) in [6.07, 6.45) is 2.58. The minimum atomic E-state index is 0.441. The lowest BCUT2D eigenvalue weighted by atomic mass is 9.75. The summed E-state index contributed by atoms with van der Waals surface area (Å²) in [4.78, 5) is 2.49. The van der Waals surface area contributed by atoms with E-state index in [4.69, 9.17) is 5.73 Å². The van der Waals surface area contributed by atoms with Crippen molar-refractivity contribution in [2.24, 2.45) is 17.1 Å². The Morgan fingerprint density at radius 1 is 1.26 bits per heavy atom. The molecule has 0 aromatic heterocycles. The first-order chi connectivity index (χ1) is 8.91. The molecule has 1 saturated heterocycles. The Morgan fingerprint density at radius 3 is 2.37 bits per heavy atom. The van der Waals surface area contributed by atoms with Crippen molar-refractivity contribution in [2.75, 3.05) is 18.0 Å². The van der Waals surface area contributed by atoms with Crippen LogP contribution >= 0.6 is 15.9 Å². The van der Waals surface area contributed by atoms with Gasteiger partial charge in [0.2, 0.25) is 0 Å². The summed E-state index contributed by atoms with van der Waals surface area (Å²) < 4.78 is 1.13. The quantitative estimate of drug-likeness (QED) is 0.884. The van der Waals surface area contributed by atoms with Crippen molar-refractivity contribution in [3.05, 3.63) is 28.2 Å². The van der Waals surface area contributed by atoms with E-state index in [-0.39, 0.29) is 0 Å². The molecule has 3 heteroatoms. The molecule has 0 bridgehead atoms. The first-order valence-corrected chi connectivity index (χ1v) is 7.94. The number of piperidine rings is 1. The molecule has 19 heavy (non-hydrogen) atoms. The maximum absolute atomic E-state index is 5.70. The van der Waals surface area contributed by atoms with E-state index >= 15 is 0 Å². The number of hydrogen-bond acceptors (Lipinski definition) is 2. The van der Waals surface area contributed by atoms with Crippen LogP contribution in [0.15, 0.2) is 22.7 Å². The van der Waals surface area contributed by atoms with Crippen molar-refractivity contribution in [1.82, 2.24) is 0 Å². The lowest BCUT2D eigenvalue weighted by Gasteiger charge is -2.39. The number of hydrogen-bond donors (Lipinski definition) is 1. The third kappa shape index (κ3) is 3.51. The Bertz CT molecular complexity index is 429. The van der Waals surface area contributed by atoms with E-state index < -0.39 is 0 Å². The zero-order valence-electron chi connectivity index (χ0n) is 12.2. The Morgan fingerprint density at radius 2 is 1.89 bits per heavy atom. The van der Waals surface area contributed by atoms with E-state index in [9.17, 15) is 0 Å². The van der Waals surface area contributed by atoms with Gasteiger partial charge in [-0.05, 0) is 41.9 Å². The number of nitrogens with zero attached hydrogens (tertiary/aromatic N) is 1. The molecule has 0 saturated carbocycles. The highest BCUT2D eigenvalue weighted by atomic mass is 79.9. The van der Waals surface area contributed by atoms with Crippen molar-refractivity contribution in [3.63, 3.8) is 0 Å². The van der Waals surface area contributed by atoms with Crippen LogP contribution in [0.3, 0.4) is 0 Å². The monoisotopic (exact) mass is 324 g/mol. The zero-order chi connectivity index (χ0) is 14.0. The van der Waals surface area contributed by atoms with Gasteiger partial charge in [0.25, 0.3) is 0 Å². The van der Waals surface area contributed by atoms with Crippen molar-refractivity contribution in [1.29, 1.82) is 0 Å². The van der Waals surface area contributed by atoms with Gasteiger partial charge in [0.15, 0.2) is 0 Å². The third-order valence-corrected chi connectivity index (χ3v) is 5.08. The third-order valence-electron chi connectivity index (χ3n) is 4.34. The molecule has 0 aliphatic carbocycles. The van der Waals surface area contributed by atoms with Crippen LogP contribution in [0.4, 0.5) is 5.69 Å². The molecule has 2 N–H and O–H groups in total. The lowest BCUT2D eigenvalue weighted by Crippen LogP contribution is -2.38. The summed E-state index contributed by atoms with van der Waals surface area (Å²) in [5.41, 5.74) is 8.63. The van der Waals surface area contributed by atoms with E-state index in [2.05, 4.69) is 59.8 Å². The van der Waals surface area contributed by atoms with Crippen molar-refractivity contribution >= 4 is 21.6 Å². The van der Waals surface area contributed by atoms with Gasteiger partial charge >= 0.3 is 0 Å². The van der Waals surface area contributed by atoms with Gasteiger partial charge in [-0.1, -0.05) is 42.8 Å². The van der Waals surface area contributed by atoms with Crippen LogP contribution in [0, 0.1) is 11.3 Å². The first-order valence-electron chi connectivity index (χ1n) is 7.15. The van der Waals surface area contributed by atoms with Crippen LogP contribution < -0.4 is 10.6 Å². The Kier molecular flexibility index (Phi) is 4.57. The second kappa shape index (κ2) is 5.84. The molecule has 0 atom stereocenters. The smallest absolute Gasteiger partial charge is 0.0377 e. The molecule has 1 aromatic rings. The topological polar surface area (TPSA) is 29.3 Å². The van der Waals surface area contributed by atoms with Crippen LogP contribution in [-0.4, -0.2) is 13.1 Å². The average Bonchev–Trinajstić information content (AvgIpc) is 2.38. The van der Waals surface area contributed by atoms with Crippen LogP contribution in [0.1, 0.15) is 39.2 Å². The zero-order valence-corrected chi connectivity index (χ0v) is 13.8. The van der Waals surface area contributed by atoms with Crippen molar-refractivity contribution in [2.45, 2.75) is 40.2 Å². The Labute approximate surface area is 125 Å². The number of halogens is 1. The highest BCUT2D eigenvalue weighted by molar-refractivity contribution is 9.10. The summed E-state index contributed by atoms with van der Waals surface area (Å²) in [5, 5.41) is 0. The van der Waals surface area contributed by atoms with Crippen LogP contribution in [0.2, 0.25) is 0 Å². The van der Waals surface area contributed by atoms with E-state index in [0.29, 0.717) is 12.0 Å². The normalized spacial score (nSPS) is 17.8. The van der Waals surface area contributed by atoms with E-state index in [1.807, 2.05) is 0 Å². The molecular weight excluding hydrogens is 300 g/mol. The standard InChI is InChI=1S/C16H25BrN2/c1-16(2,3)13-6-8-19(9-7-13)14-5-4-12(11-18)15(17)10-14/h4-5,10,13H,6-9,11,18H2,1-3H3. The number of nitrogens with two attached hydrogens (primary N) is 1. The van der Waals surface area contributed by atoms with Crippen molar-refractivity contribution < 1.29 is 0 Å². The van der Waals surface area contributed by atoms with Gasteiger partial charge in [-0.15, -0.1) is 0 Å². The maximum Gasteiger partial charge on any atom is 0.0377 e. The van der Waals surface area contributed by atoms with Crippen LogP contribution in [0.25, 0.3) is 0 Å². The van der Waals surface area contributed by atoms with E-state index in [1.165, 1.54) is 24.1 Å². The van der Waals surface area contributed by atoms with Gasteiger partial charge in [0.05, 0.1) is 0 Å². The highest BCUT2D eigenvalue weighted by Gasteiger charge is 2.28. The summed E-state index contributed by atoms with van der Waals surface area (Å²) >= 11 is 3.61. The molecule has 1 aliphatic heterocycles. The van der Waals surface area contributed by atoms with E-state index in [1.54, 1.807) is 0 Å². The molecule has 1 fully saturated rings. The average molecular weight is 325 g/mol. The molecule has 2 rings (SSSR count). The molecule has 0 spiro atoms. The summed E-state index contributed by atoms with van der Waals surface area (Å²) in [6.45, 7) is 10.00. The van der Waals surface area contributed by atoms with E-state index in [0.717, 1.165) is 23.5 Å². The predicted octanol–water partition coefficient (Wildman–Crippen LogP) is 4.17. The largest absolute Gasteiger partial charge is 0.371 e. The summed E-state index contributed by atoms with van der Waals surface area (Å²) in [6, 6.07) is 6.54. The SMILES string of the molecule is CC(C)(C)C1CCN(c2ccc(CN)c(Br)c2)CC1. The summed E-state index contributed by atoms with van der Waals surface area (Å²) in [7, 11) is 0. The number of rotatable bonds is 2. The Hall–Kier alpha value is -0.540. The predicted molar refractivity (Wildman–Crippen MR) is 86.4 cm³/mol. The molecule has 0 unspecified atom stereocenters. The van der Waals surface area contributed by atoms with Gasteiger partial charge in [0.1, 0.15) is 0 Å². The fraction of sp³-hybridized carbons (Fsp3) is 0.625. The van der Waals surface area contributed by atoms with Crippen molar-refractivity contribution in [3.8, 4) is 0 Å². The second-order valence-electron chi connectivity index (χ2n) is 6.61. The fourth-order valence-electron chi connectivity index (χ4n) is 2.90. The molecule has 106 valence electrons.